The van der Waals surface area contributed by atoms with Gasteiger partial charge in [0, 0.05) is 11.1 Å². The van der Waals surface area contributed by atoms with Gasteiger partial charge >= 0.3 is 0 Å². The molecule has 0 aliphatic heterocycles. The summed E-state index contributed by atoms with van der Waals surface area (Å²) in [6.07, 6.45) is 6.02. The fourth-order valence-electron chi connectivity index (χ4n) is 2.27. The summed E-state index contributed by atoms with van der Waals surface area (Å²) in [5.41, 5.74) is 3.95. The number of hydrazine groups is 1. The van der Waals surface area contributed by atoms with Gasteiger partial charge in [-0.3, -0.25) is 10.1 Å². The Kier molecular flexibility index (Phi) is 3.62. The smallest absolute Gasteiger partial charge is 0.261 e. The monoisotopic (exact) mass is 289 g/mol. The number of aryl methyl sites for hydroxylation is 2. The van der Waals surface area contributed by atoms with Gasteiger partial charge in [0.25, 0.3) is 5.91 Å². The van der Waals surface area contributed by atoms with Crippen LogP contribution in [0.5, 0.6) is 0 Å². The molecule has 6 nitrogen and oxygen atoms in total. The largest absolute Gasteiger partial charge is 0.308 e. The predicted molar refractivity (Wildman–Crippen MR) is 78.8 cm³/mol. The van der Waals surface area contributed by atoms with E-state index in [0.717, 1.165) is 18.5 Å². The molecule has 0 saturated carbocycles. The van der Waals surface area contributed by atoms with Crippen LogP contribution in [0.4, 0.5) is 10.9 Å². The maximum atomic E-state index is 12.2. The molecule has 1 aliphatic rings. The van der Waals surface area contributed by atoms with E-state index in [9.17, 15) is 4.79 Å². The van der Waals surface area contributed by atoms with E-state index in [4.69, 9.17) is 5.84 Å². The van der Waals surface area contributed by atoms with Crippen molar-refractivity contribution in [3.63, 3.8) is 0 Å². The van der Waals surface area contributed by atoms with Gasteiger partial charge in [-0.05, 0) is 37.8 Å². The van der Waals surface area contributed by atoms with Gasteiger partial charge in [0.1, 0.15) is 0 Å². The van der Waals surface area contributed by atoms with Crippen molar-refractivity contribution in [2.75, 3.05) is 10.7 Å². The van der Waals surface area contributed by atoms with E-state index in [1.54, 1.807) is 29.7 Å². The number of rotatable bonds is 3. The third-order valence-electron chi connectivity index (χ3n) is 3.26. The van der Waals surface area contributed by atoms with E-state index in [2.05, 4.69) is 20.7 Å². The summed E-state index contributed by atoms with van der Waals surface area (Å²) in [6, 6.07) is 3.37. The van der Waals surface area contributed by atoms with Crippen LogP contribution in [0, 0.1) is 0 Å². The van der Waals surface area contributed by atoms with Crippen LogP contribution >= 0.6 is 11.3 Å². The van der Waals surface area contributed by atoms with Crippen molar-refractivity contribution in [2.45, 2.75) is 25.7 Å². The maximum absolute atomic E-state index is 12.2. The van der Waals surface area contributed by atoms with Crippen LogP contribution in [0.3, 0.4) is 0 Å². The highest BCUT2D eigenvalue weighted by molar-refractivity contribution is 7.15. The molecule has 2 heterocycles. The number of hydrogen-bond donors (Lipinski definition) is 3. The molecule has 0 bridgehead atoms. The molecule has 0 spiro atoms. The van der Waals surface area contributed by atoms with Gasteiger partial charge in [0.2, 0.25) is 0 Å². The summed E-state index contributed by atoms with van der Waals surface area (Å²) in [7, 11) is 0. The molecular weight excluding hydrogens is 274 g/mol. The number of thiazole rings is 1. The van der Waals surface area contributed by atoms with Crippen LogP contribution in [-0.2, 0) is 12.8 Å². The lowest BCUT2D eigenvalue weighted by Crippen LogP contribution is -2.18. The number of carbonyl (C=O) groups is 1. The first-order valence-corrected chi connectivity index (χ1v) is 7.31. The predicted octanol–water partition coefficient (Wildman–Crippen LogP) is 1.95. The summed E-state index contributed by atoms with van der Waals surface area (Å²) >= 11 is 1.56. The Balaban J connectivity index is 1.80. The van der Waals surface area contributed by atoms with Crippen LogP contribution in [0.25, 0.3) is 0 Å². The highest BCUT2D eigenvalue weighted by Gasteiger charge is 2.18. The van der Waals surface area contributed by atoms with Crippen LogP contribution < -0.4 is 16.6 Å². The molecule has 0 unspecified atom stereocenters. The van der Waals surface area contributed by atoms with Crippen LogP contribution in [0.1, 0.15) is 33.8 Å². The maximum Gasteiger partial charge on any atom is 0.261 e. The fraction of sp³-hybridized carbons (Fsp3) is 0.308. The Hall–Kier alpha value is -1.99. The molecule has 104 valence electrons. The van der Waals surface area contributed by atoms with E-state index in [-0.39, 0.29) is 5.91 Å². The Labute approximate surface area is 120 Å². The molecule has 1 amide bonds. The highest BCUT2D eigenvalue weighted by atomic mass is 32.1. The lowest BCUT2D eigenvalue weighted by atomic mass is 10.0. The first-order valence-electron chi connectivity index (χ1n) is 6.49. The molecule has 3 rings (SSSR count). The Morgan fingerprint density at radius 3 is 3.00 bits per heavy atom. The minimum absolute atomic E-state index is 0.253. The summed E-state index contributed by atoms with van der Waals surface area (Å²) in [5.74, 6) is 5.46. The van der Waals surface area contributed by atoms with Gasteiger partial charge in [-0.15, -0.1) is 11.3 Å². The number of nitrogen functional groups attached to an aromatic ring is 1. The number of anilines is 2. The Morgan fingerprint density at radius 1 is 1.35 bits per heavy atom. The summed E-state index contributed by atoms with van der Waals surface area (Å²) < 4.78 is 0. The van der Waals surface area contributed by atoms with Gasteiger partial charge in [-0.25, -0.2) is 15.8 Å². The normalized spacial score (nSPS) is 13.7. The zero-order chi connectivity index (χ0) is 13.9. The quantitative estimate of drug-likeness (QED) is 0.593. The van der Waals surface area contributed by atoms with Crippen LogP contribution in [0.15, 0.2) is 18.3 Å². The second-order valence-electron chi connectivity index (χ2n) is 4.59. The number of carbonyl (C=O) groups excluding carboxylic acids is 1. The topological polar surface area (TPSA) is 92.9 Å². The molecule has 0 atom stereocenters. The molecule has 2 aromatic rings. The lowest BCUT2D eigenvalue weighted by Gasteiger charge is -2.06. The second kappa shape index (κ2) is 5.56. The van der Waals surface area contributed by atoms with E-state index < -0.39 is 0 Å². The van der Waals surface area contributed by atoms with Crippen molar-refractivity contribution in [1.29, 1.82) is 0 Å². The number of pyridine rings is 1. The van der Waals surface area contributed by atoms with Gasteiger partial charge in [0.15, 0.2) is 10.9 Å². The SMILES string of the molecule is NNc1ncccc1C(=O)Nc1nc2c(s1)CCCC2. The Bertz CT molecular complexity index is 616. The number of amides is 1. The molecule has 0 radical (unpaired) electrons. The van der Waals surface area contributed by atoms with E-state index in [1.807, 2.05) is 0 Å². The van der Waals surface area contributed by atoms with Gasteiger partial charge in [0.05, 0.1) is 11.3 Å². The van der Waals surface area contributed by atoms with Crippen LogP contribution in [0.2, 0.25) is 0 Å². The average Bonchev–Trinajstić information content (AvgIpc) is 2.89. The molecule has 2 aromatic heterocycles. The van der Waals surface area contributed by atoms with Crippen molar-refractivity contribution in [1.82, 2.24) is 9.97 Å². The molecule has 0 aromatic carbocycles. The minimum atomic E-state index is -0.253. The third-order valence-corrected chi connectivity index (χ3v) is 4.33. The third kappa shape index (κ3) is 2.50. The van der Waals surface area contributed by atoms with Crippen LogP contribution in [-0.4, -0.2) is 15.9 Å². The second-order valence-corrected chi connectivity index (χ2v) is 5.68. The van der Waals surface area contributed by atoms with E-state index >= 15 is 0 Å². The number of fused-ring (bicyclic) bond motifs is 1. The zero-order valence-electron chi connectivity index (χ0n) is 10.8. The van der Waals surface area contributed by atoms with Gasteiger partial charge < -0.3 is 5.43 Å². The standard InChI is InChI=1S/C13H15N5OS/c14-18-11-8(4-3-7-15-11)12(19)17-13-16-9-5-1-2-6-10(9)20-13/h3-4,7H,1-2,5-6,14H2,(H,15,18)(H,16,17,19). The summed E-state index contributed by atoms with van der Waals surface area (Å²) in [5, 5.41) is 3.47. The van der Waals surface area contributed by atoms with Crippen molar-refractivity contribution in [2.24, 2.45) is 5.84 Å². The molecule has 0 saturated heterocycles. The molecule has 0 fully saturated rings. The number of nitrogens with two attached hydrogens (primary N) is 1. The van der Waals surface area contributed by atoms with Crippen molar-refractivity contribution >= 4 is 28.2 Å². The zero-order valence-corrected chi connectivity index (χ0v) is 11.7. The number of nitrogens with one attached hydrogen (secondary N) is 2. The minimum Gasteiger partial charge on any atom is -0.308 e. The number of hydrogen-bond acceptors (Lipinski definition) is 6. The van der Waals surface area contributed by atoms with Gasteiger partial charge in [-0.1, -0.05) is 0 Å². The average molecular weight is 289 g/mol. The van der Waals surface area contributed by atoms with Crippen molar-refractivity contribution in [3.05, 3.63) is 34.5 Å². The molecule has 4 N–H and O–H groups in total. The fourth-order valence-corrected chi connectivity index (χ4v) is 3.32. The van der Waals surface area contributed by atoms with Gasteiger partial charge in [-0.2, -0.15) is 0 Å². The van der Waals surface area contributed by atoms with Crippen molar-refractivity contribution in [3.8, 4) is 0 Å². The lowest BCUT2D eigenvalue weighted by molar-refractivity contribution is 0.102. The molecular formula is C13H15N5OS. The highest BCUT2D eigenvalue weighted by Crippen LogP contribution is 2.29. The molecule has 7 heteroatoms. The molecule has 20 heavy (non-hydrogen) atoms. The number of aromatic nitrogens is 2. The molecule has 1 aliphatic carbocycles. The summed E-state index contributed by atoms with van der Waals surface area (Å²) in [4.78, 5) is 22.0. The Morgan fingerprint density at radius 2 is 2.20 bits per heavy atom. The van der Waals surface area contributed by atoms with Crippen molar-refractivity contribution < 1.29 is 4.79 Å². The first kappa shape index (κ1) is 13.0. The van der Waals surface area contributed by atoms with E-state index in [0.29, 0.717) is 16.5 Å². The first-order chi connectivity index (χ1) is 9.78. The number of nitrogens with zero attached hydrogens (tertiary/aromatic N) is 2. The summed E-state index contributed by atoms with van der Waals surface area (Å²) in [6.45, 7) is 0. The van der Waals surface area contributed by atoms with E-state index in [1.165, 1.54) is 17.7 Å².